The van der Waals surface area contributed by atoms with Crippen molar-refractivity contribution >= 4 is 11.9 Å². The van der Waals surface area contributed by atoms with Crippen LogP contribution >= 0.6 is 0 Å². The first-order chi connectivity index (χ1) is 15.3. The number of amides is 1. The van der Waals surface area contributed by atoms with E-state index in [4.69, 9.17) is 14.0 Å². The van der Waals surface area contributed by atoms with E-state index in [-0.39, 0.29) is 17.2 Å². The van der Waals surface area contributed by atoms with Gasteiger partial charge in [0.05, 0.1) is 19.1 Å². The van der Waals surface area contributed by atoms with Crippen LogP contribution in [0.25, 0.3) is 11.5 Å². The Balaban J connectivity index is 1.80. The lowest BCUT2D eigenvalue weighted by molar-refractivity contribution is -0.137. The van der Waals surface area contributed by atoms with Crippen molar-refractivity contribution in [1.29, 1.82) is 0 Å². The molecule has 0 bridgehead atoms. The molecule has 3 aromatic rings. The SMILES string of the molecule is CCc1cccc(-c2nc([C@H](C)NC(=O)c3nccc(OC)c3OC(=O)C(C)C)no2)c1. The Labute approximate surface area is 186 Å². The number of hydrogen-bond acceptors (Lipinski definition) is 8. The molecule has 0 aliphatic heterocycles. The smallest absolute Gasteiger partial charge is 0.313 e. The van der Waals surface area contributed by atoms with Crippen LogP contribution in [0.15, 0.2) is 41.1 Å². The minimum Gasteiger partial charge on any atom is -0.493 e. The van der Waals surface area contributed by atoms with Crippen molar-refractivity contribution in [2.75, 3.05) is 7.11 Å². The van der Waals surface area contributed by atoms with Crippen molar-refractivity contribution < 1.29 is 23.6 Å². The highest BCUT2D eigenvalue weighted by Crippen LogP contribution is 2.30. The van der Waals surface area contributed by atoms with Crippen LogP contribution in [0.3, 0.4) is 0 Å². The molecule has 1 aromatic carbocycles. The summed E-state index contributed by atoms with van der Waals surface area (Å²) < 4.78 is 16.0. The van der Waals surface area contributed by atoms with Crippen LogP contribution in [-0.4, -0.2) is 34.1 Å². The van der Waals surface area contributed by atoms with Crippen molar-refractivity contribution in [3.05, 3.63) is 53.6 Å². The van der Waals surface area contributed by atoms with Gasteiger partial charge >= 0.3 is 5.97 Å². The Morgan fingerprint density at radius 1 is 1.19 bits per heavy atom. The van der Waals surface area contributed by atoms with Gasteiger partial charge in [-0.2, -0.15) is 4.98 Å². The highest BCUT2D eigenvalue weighted by atomic mass is 16.6. The Bertz CT molecular complexity index is 1110. The van der Waals surface area contributed by atoms with Gasteiger partial charge in [-0.25, -0.2) is 4.98 Å². The van der Waals surface area contributed by atoms with Crippen LogP contribution in [0.2, 0.25) is 0 Å². The molecule has 0 aliphatic rings. The monoisotopic (exact) mass is 438 g/mol. The van der Waals surface area contributed by atoms with E-state index >= 15 is 0 Å². The average Bonchev–Trinajstić information content (AvgIpc) is 3.29. The van der Waals surface area contributed by atoms with Gasteiger partial charge in [-0.15, -0.1) is 0 Å². The van der Waals surface area contributed by atoms with Crippen molar-refractivity contribution in [3.63, 3.8) is 0 Å². The Morgan fingerprint density at radius 3 is 2.66 bits per heavy atom. The van der Waals surface area contributed by atoms with Crippen LogP contribution in [0.4, 0.5) is 0 Å². The molecule has 0 radical (unpaired) electrons. The zero-order valence-electron chi connectivity index (χ0n) is 18.7. The van der Waals surface area contributed by atoms with Gasteiger partial charge in [0.1, 0.15) is 0 Å². The maximum Gasteiger partial charge on any atom is 0.313 e. The maximum atomic E-state index is 12.9. The number of aryl methyl sites for hydroxylation is 1. The van der Waals surface area contributed by atoms with E-state index in [1.807, 2.05) is 24.3 Å². The third kappa shape index (κ3) is 5.11. The number of nitrogens with zero attached hydrogens (tertiary/aromatic N) is 3. The molecule has 0 spiro atoms. The fraction of sp³-hybridized carbons (Fsp3) is 0.348. The highest BCUT2D eigenvalue weighted by molar-refractivity contribution is 5.96. The minimum atomic E-state index is -0.587. The quantitative estimate of drug-likeness (QED) is 0.529. The summed E-state index contributed by atoms with van der Waals surface area (Å²) in [5.41, 5.74) is 1.87. The molecule has 0 saturated heterocycles. The number of ether oxygens (including phenoxy) is 2. The molecule has 168 valence electrons. The normalized spacial score (nSPS) is 11.8. The minimum absolute atomic E-state index is 0.0384. The van der Waals surface area contributed by atoms with Gasteiger partial charge < -0.3 is 19.3 Å². The zero-order chi connectivity index (χ0) is 23.3. The molecule has 0 fully saturated rings. The zero-order valence-corrected chi connectivity index (χ0v) is 18.7. The molecule has 1 amide bonds. The van der Waals surface area contributed by atoms with Gasteiger partial charge in [-0.3, -0.25) is 9.59 Å². The summed E-state index contributed by atoms with van der Waals surface area (Å²) in [5, 5.41) is 6.75. The molecular formula is C23H26N4O5. The third-order valence-corrected chi connectivity index (χ3v) is 4.74. The number of aromatic nitrogens is 3. The maximum absolute atomic E-state index is 12.9. The Morgan fingerprint density at radius 2 is 1.97 bits per heavy atom. The molecule has 9 nitrogen and oxygen atoms in total. The predicted octanol–water partition coefficient (Wildman–Crippen LogP) is 3.76. The van der Waals surface area contributed by atoms with E-state index in [2.05, 4.69) is 27.4 Å². The molecule has 2 aromatic heterocycles. The van der Waals surface area contributed by atoms with Gasteiger partial charge in [0.2, 0.25) is 5.75 Å². The molecule has 0 unspecified atom stereocenters. The van der Waals surface area contributed by atoms with E-state index < -0.39 is 23.8 Å². The standard InChI is InChI=1S/C23H26N4O5/c1-6-15-8-7-9-16(12-15)22-26-20(27-32-22)14(4)25-21(28)18-19(31-23(29)13(2)3)17(30-5)10-11-24-18/h7-14H,6H2,1-5H3,(H,25,28)/t14-/m0/s1. The van der Waals surface area contributed by atoms with Gasteiger partial charge in [0, 0.05) is 17.8 Å². The average molecular weight is 438 g/mol. The van der Waals surface area contributed by atoms with Crippen molar-refractivity contribution in [1.82, 2.24) is 20.4 Å². The van der Waals surface area contributed by atoms with E-state index in [1.165, 1.54) is 19.4 Å². The van der Waals surface area contributed by atoms with Gasteiger partial charge in [-0.1, -0.05) is 38.1 Å². The molecule has 0 saturated carbocycles. The number of esters is 1. The number of benzene rings is 1. The van der Waals surface area contributed by atoms with Crippen LogP contribution in [0.1, 0.15) is 55.6 Å². The van der Waals surface area contributed by atoms with Crippen LogP contribution < -0.4 is 14.8 Å². The van der Waals surface area contributed by atoms with E-state index in [9.17, 15) is 9.59 Å². The molecule has 1 atom stereocenters. The van der Waals surface area contributed by atoms with Crippen LogP contribution in [0, 0.1) is 5.92 Å². The number of nitrogens with one attached hydrogen (secondary N) is 1. The first-order valence-corrected chi connectivity index (χ1v) is 10.3. The lowest BCUT2D eigenvalue weighted by Gasteiger charge is -2.15. The summed E-state index contributed by atoms with van der Waals surface area (Å²) in [6, 6.07) is 8.74. The second-order valence-electron chi connectivity index (χ2n) is 7.47. The Kier molecular flexibility index (Phi) is 7.19. The summed E-state index contributed by atoms with van der Waals surface area (Å²) >= 11 is 0. The topological polar surface area (TPSA) is 116 Å². The highest BCUT2D eigenvalue weighted by Gasteiger charge is 2.25. The van der Waals surface area contributed by atoms with Crippen molar-refractivity contribution in [3.8, 4) is 23.0 Å². The summed E-state index contributed by atoms with van der Waals surface area (Å²) in [7, 11) is 1.42. The van der Waals surface area contributed by atoms with Gasteiger partial charge in [0.25, 0.3) is 11.8 Å². The summed E-state index contributed by atoms with van der Waals surface area (Å²) in [5.74, 6) is -0.606. The summed E-state index contributed by atoms with van der Waals surface area (Å²) in [6.07, 6.45) is 2.29. The molecule has 9 heteroatoms. The first-order valence-electron chi connectivity index (χ1n) is 10.3. The fourth-order valence-electron chi connectivity index (χ4n) is 2.85. The van der Waals surface area contributed by atoms with Crippen molar-refractivity contribution in [2.24, 2.45) is 5.92 Å². The number of hydrogen-bond donors (Lipinski definition) is 1. The Hall–Kier alpha value is -3.75. The van der Waals surface area contributed by atoms with Crippen LogP contribution in [0.5, 0.6) is 11.5 Å². The number of pyridine rings is 1. The summed E-state index contributed by atoms with van der Waals surface area (Å²) in [6.45, 7) is 7.16. The summed E-state index contributed by atoms with van der Waals surface area (Å²) in [4.78, 5) is 33.5. The largest absolute Gasteiger partial charge is 0.493 e. The molecular weight excluding hydrogens is 412 g/mol. The van der Waals surface area contributed by atoms with Crippen LogP contribution in [-0.2, 0) is 11.2 Å². The lowest BCUT2D eigenvalue weighted by Crippen LogP contribution is -2.29. The van der Waals surface area contributed by atoms with E-state index in [0.717, 1.165) is 17.5 Å². The molecule has 32 heavy (non-hydrogen) atoms. The number of carbonyl (C=O) groups is 2. The molecule has 0 aliphatic carbocycles. The second kappa shape index (κ2) is 10.0. The second-order valence-corrected chi connectivity index (χ2v) is 7.47. The van der Waals surface area contributed by atoms with E-state index in [0.29, 0.717) is 11.7 Å². The molecule has 1 N–H and O–H groups in total. The van der Waals surface area contributed by atoms with Crippen molar-refractivity contribution in [2.45, 2.75) is 40.2 Å². The third-order valence-electron chi connectivity index (χ3n) is 4.74. The van der Waals surface area contributed by atoms with Gasteiger partial charge in [-0.05, 0) is 31.0 Å². The number of methoxy groups -OCH3 is 1. The predicted molar refractivity (Wildman–Crippen MR) is 116 cm³/mol. The van der Waals surface area contributed by atoms with Gasteiger partial charge in [0.15, 0.2) is 17.3 Å². The number of rotatable bonds is 8. The fourth-order valence-corrected chi connectivity index (χ4v) is 2.85. The number of carbonyl (C=O) groups excluding carboxylic acids is 2. The van der Waals surface area contributed by atoms with E-state index in [1.54, 1.807) is 20.8 Å². The molecule has 2 heterocycles. The lowest BCUT2D eigenvalue weighted by atomic mass is 10.1. The first kappa shape index (κ1) is 22.9. The molecule has 3 rings (SSSR count).